The van der Waals surface area contributed by atoms with Gasteiger partial charge in [-0.3, -0.25) is 4.55 Å². The third-order valence-electron chi connectivity index (χ3n) is 2.94. The number of rotatable bonds is 4. The highest BCUT2D eigenvalue weighted by atomic mass is 32.2. The SMILES string of the molecule is Cc1cccc(OC(=O)c2ccc(S(=O)(=O)O)cc2C(=O)O)c1. The van der Waals surface area contributed by atoms with E-state index in [9.17, 15) is 18.0 Å². The van der Waals surface area contributed by atoms with Crippen LogP contribution >= 0.6 is 0 Å². The lowest BCUT2D eigenvalue weighted by atomic mass is 10.1. The molecule has 2 aromatic rings. The van der Waals surface area contributed by atoms with Gasteiger partial charge in [0.15, 0.2) is 0 Å². The number of aryl methyl sites for hydroxylation is 1. The summed E-state index contributed by atoms with van der Waals surface area (Å²) in [6.07, 6.45) is 0. The molecule has 0 heterocycles. The Morgan fingerprint density at radius 2 is 1.74 bits per heavy atom. The molecule has 0 atom stereocenters. The predicted octanol–water partition coefficient (Wildman–Crippen LogP) is 2.16. The van der Waals surface area contributed by atoms with Crippen molar-refractivity contribution < 1.29 is 32.4 Å². The molecule has 7 nitrogen and oxygen atoms in total. The molecule has 120 valence electrons. The van der Waals surface area contributed by atoms with Gasteiger partial charge in [0.05, 0.1) is 16.0 Å². The second-order valence-corrected chi connectivity index (χ2v) is 6.12. The number of hydrogen-bond acceptors (Lipinski definition) is 5. The van der Waals surface area contributed by atoms with E-state index in [1.165, 1.54) is 6.07 Å². The van der Waals surface area contributed by atoms with Gasteiger partial charge >= 0.3 is 11.9 Å². The molecule has 0 aliphatic rings. The molecule has 0 radical (unpaired) electrons. The van der Waals surface area contributed by atoms with Crippen LogP contribution in [0.25, 0.3) is 0 Å². The van der Waals surface area contributed by atoms with Gasteiger partial charge in [-0.1, -0.05) is 12.1 Å². The lowest BCUT2D eigenvalue weighted by molar-refractivity contribution is 0.0667. The monoisotopic (exact) mass is 336 g/mol. The van der Waals surface area contributed by atoms with Gasteiger partial charge < -0.3 is 9.84 Å². The molecule has 0 fully saturated rings. The van der Waals surface area contributed by atoms with Crippen molar-refractivity contribution in [2.24, 2.45) is 0 Å². The van der Waals surface area contributed by atoms with Gasteiger partial charge in [-0.25, -0.2) is 9.59 Å². The van der Waals surface area contributed by atoms with E-state index in [1.807, 2.05) is 0 Å². The van der Waals surface area contributed by atoms with Crippen molar-refractivity contribution in [3.05, 3.63) is 59.2 Å². The maximum absolute atomic E-state index is 12.1. The second kappa shape index (κ2) is 6.19. The average Bonchev–Trinajstić information content (AvgIpc) is 2.45. The Labute approximate surface area is 131 Å². The normalized spacial score (nSPS) is 11.0. The Balaban J connectivity index is 2.42. The predicted molar refractivity (Wildman–Crippen MR) is 79.4 cm³/mol. The number of carbonyl (C=O) groups excluding carboxylic acids is 1. The zero-order valence-electron chi connectivity index (χ0n) is 11.9. The molecule has 2 rings (SSSR count). The number of carboxylic acid groups (broad SMARTS) is 1. The summed E-state index contributed by atoms with van der Waals surface area (Å²) in [6, 6.07) is 9.17. The fourth-order valence-corrected chi connectivity index (χ4v) is 2.39. The van der Waals surface area contributed by atoms with Crippen LogP contribution in [-0.2, 0) is 10.1 Å². The van der Waals surface area contributed by atoms with Gasteiger partial charge in [-0.2, -0.15) is 8.42 Å². The smallest absolute Gasteiger partial charge is 0.344 e. The van der Waals surface area contributed by atoms with Gasteiger partial charge in [0.25, 0.3) is 10.1 Å². The maximum atomic E-state index is 12.1. The van der Waals surface area contributed by atoms with E-state index < -0.39 is 32.5 Å². The molecule has 2 N–H and O–H groups in total. The number of aromatic carboxylic acids is 1. The quantitative estimate of drug-likeness (QED) is 0.499. The average molecular weight is 336 g/mol. The Morgan fingerprint density at radius 1 is 1.04 bits per heavy atom. The zero-order chi connectivity index (χ0) is 17.2. The van der Waals surface area contributed by atoms with Crippen molar-refractivity contribution in [3.8, 4) is 5.75 Å². The number of carboxylic acids is 1. The summed E-state index contributed by atoms with van der Waals surface area (Å²) >= 11 is 0. The topological polar surface area (TPSA) is 118 Å². The number of esters is 1. The van der Waals surface area contributed by atoms with Crippen molar-refractivity contribution in [2.45, 2.75) is 11.8 Å². The maximum Gasteiger partial charge on any atom is 0.344 e. The molecule has 0 saturated heterocycles. The van der Waals surface area contributed by atoms with Crippen LogP contribution in [0.15, 0.2) is 47.4 Å². The summed E-state index contributed by atoms with van der Waals surface area (Å²) in [5.74, 6) is -2.24. The fraction of sp³-hybridized carbons (Fsp3) is 0.0667. The van der Waals surface area contributed by atoms with Crippen LogP contribution in [-0.4, -0.2) is 30.0 Å². The fourth-order valence-electron chi connectivity index (χ4n) is 1.88. The first kappa shape index (κ1) is 16.7. The molecule has 0 amide bonds. The first-order chi connectivity index (χ1) is 10.7. The molecule has 8 heteroatoms. The number of ether oxygens (including phenoxy) is 1. The van der Waals surface area contributed by atoms with Crippen LogP contribution in [0.5, 0.6) is 5.75 Å². The molecule has 0 unspecified atom stereocenters. The molecular weight excluding hydrogens is 324 g/mol. The summed E-state index contributed by atoms with van der Waals surface area (Å²) in [4.78, 5) is 22.7. The minimum Gasteiger partial charge on any atom is -0.478 e. The third kappa shape index (κ3) is 3.93. The van der Waals surface area contributed by atoms with Crippen LogP contribution < -0.4 is 4.74 Å². The Hall–Kier alpha value is -2.71. The van der Waals surface area contributed by atoms with E-state index in [1.54, 1.807) is 25.1 Å². The summed E-state index contributed by atoms with van der Waals surface area (Å²) < 4.78 is 36.2. The highest BCUT2D eigenvalue weighted by Crippen LogP contribution is 2.20. The lowest BCUT2D eigenvalue weighted by Gasteiger charge is -2.08. The lowest BCUT2D eigenvalue weighted by Crippen LogP contribution is -2.15. The minimum atomic E-state index is -4.58. The summed E-state index contributed by atoms with van der Waals surface area (Å²) in [7, 11) is -4.58. The van der Waals surface area contributed by atoms with Gasteiger partial charge in [-0.15, -0.1) is 0 Å². The molecule has 0 saturated carbocycles. The second-order valence-electron chi connectivity index (χ2n) is 4.69. The van der Waals surface area contributed by atoms with Crippen molar-refractivity contribution in [1.82, 2.24) is 0 Å². The van der Waals surface area contributed by atoms with E-state index in [0.717, 1.165) is 17.7 Å². The summed E-state index contributed by atoms with van der Waals surface area (Å²) in [6.45, 7) is 1.79. The molecule has 0 bridgehead atoms. The van der Waals surface area contributed by atoms with Crippen molar-refractivity contribution in [2.75, 3.05) is 0 Å². The zero-order valence-corrected chi connectivity index (χ0v) is 12.7. The Kier molecular flexibility index (Phi) is 4.48. The Bertz CT molecular complexity index is 884. The van der Waals surface area contributed by atoms with Crippen molar-refractivity contribution >= 4 is 22.1 Å². The number of benzene rings is 2. The summed E-state index contributed by atoms with van der Waals surface area (Å²) in [5.41, 5.74) is -0.0698. The standard InChI is InChI=1S/C15H12O7S/c1-9-3-2-4-10(7-9)22-15(18)12-6-5-11(23(19,20)21)8-13(12)14(16)17/h2-8H,1H3,(H,16,17)(H,19,20,21). The van der Waals surface area contributed by atoms with Gasteiger partial charge in [0.1, 0.15) is 5.75 Å². The summed E-state index contributed by atoms with van der Waals surface area (Å²) in [5, 5.41) is 9.13. The van der Waals surface area contributed by atoms with Crippen molar-refractivity contribution in [1.29, 1.82) is 0 Å². The molecule has 0 spiro atoms. The first-order valence-electron chi connectivity index (χ1n) is 6.32. The molecule has 0 aromatic heterocycles. The first-order valence-corrected chi connectivity index (χ1v) is 7.76. The molecule has 0 aliphatic carbocycles. The van der Waals surface area contributed by atoms with E-state index in [2.05, 4.69) is 0 Å². The highest BCUT2D eigenvalue weighted by molar-refractivity contribution is 7.85. The Morgan fingerprint density at radius 3 is 2.30 bits per heavy atom. The molecule has 23 heavy (non-hydrogen) atoms. The molecule has 2 aromatic carbocycles. The number of carbonyl (C=O) groups is 2. The number of hydrogen-bond donors (Lipinski definition) is 2. The van der Waals surface area contributed by atoms with Gasteiger partial charge in [0.2, 0.25) is 0 Å². The van der Waals surface area contributed by atoms with Crippen molar-refractivity contribution in [3.63, 3.8) is 0 Å². The van der Waals surface area contributed by atoms with E-state index in [-0.39, 0.29) is 11.3 Å². The van der Waals surface area contributed by atoms with Crippen LogP contribution in [0.4, 0.5) is 0 Å². The molecule has 0 aliphatic heterocycles. The third-order valence-corrected chi connectivity index (χ3v) is 3.79. The van der Waals surface area contributed by atoms with E-state index in [4.69, 9.17) is 14.4 Å². The van der Waals surface area contributed by atoms with Crippen LogP contribution in [0.2, 0.25) is 0 Å². The van der Waals surface area contributed by atoms with E-state index >= 15 is 0 Å². The van der Waals surface area contributed by atoms with Crippen LogP contribution in [0, 0.1) is 6.92 Å². The van der Waals surface area contributed by atoms with Gasteiger partial charge in [-0.05, 0) is 42.8 Å². The molecular formula is C15H12O7S. The largest absolute Gasteiger partial charge is 0.478 e. The minimum absolute atomic E-state index is 0.227. The highest BCUT2D eigenvalue weighted by Gasteiger charge is 2.22. The van der Waals surface area contributed by atoms with Crippen LogP contribution in [0.1, 0.15) is 26.3 Å². The van der Waals surface area contributed by atoms with E-state index in [0.29, 0.717) is 6.07 Å². The van der Waals surface area contributed by atoms with Crippen LogP contribution in [0.3, 0.4) is 0 Å². The van der Waals surface area contributed by atoms with Gasteiger partial charge in [0, 0.05) is 0 Å².